The largest absolute Gasteiger partial charge is 0.423 e. The fraction of sp³-hybridized carbons (Fsp3) is 0.207. The molecule has 5 aromatic rings. The van der Waals surface area contributed by atoms with Gasteiger partial charge in [-0.1, -0.05) is 55.9 Å². The standard InChI is InChI=1S/C29H26FN3O2S/c1-18(2)24-15-25-22(14-27(34)35-26(25)13-19(24)3)17-36-29-32-31-28(21-9-11-23(30)12-10-21)33(29)16-20-7-5-4-6-8-20/h4-15,18H,16-17H2,1-3H3. The van der Waals surface area contributed by atoms with Gasteiger partial charge in [-0.3, -0.25) is 4.57 Å². The maximum absolute atomic E-state index is 13.5. The lowest BCUT2D eigenvalue weighted by Gasteiger charge is -2.13. The van der Waals surface area contributed by atoms with Gasteiger partial charge in [0.05, 0.1) is 6.54 Å². The van der Waals surface area contributed by atoms with Crippen molar-refractivity contribution in [2.75, 3.05) is 0 Å². The number of rotatable bonds is 7. The van der Waals surface area contributed by atoms with Crippen LogP contribution >= 0.6 is 11.8 Å². The van der Waals surface area contributed by atoms with Crippen molar-refractivity contribution < 1.29 is 8.81 Å². The van der Waals surface area contributed by atoms with E-state index < -0.39 is 0 Å². The molecule has 0 aliphatic rings. The number of halogens is 1. The van der Waals surface area contributed by atoms with Gasteiger partial charge >= 0.3 is 5.63 Å². The Kier molecular flexibility index (Phi) is 6.74. The van der Waals surface area contributed by atoms with Gasteiger partial charge in [0.25, 0.3) is 0 Å². The normalized spacial score (nSPS) is 11.5. The Balaban J connectivity index is 1.53. The smallest absolute Gasteiger partial charge is 0.336 e. The maximum Gasteiger partial charge on any atom is 0.336 e. The molecule has 5 nitrogen and oxygen atoms in total. The van der Waals surface area contributed by atoms with Crippen LogP contribution in [0.4, 0.5) is 4.39 Å². The van der Waals surface area contributed by atoms with Crippen LogP contribution in [0.15, 0.2) is 87.2 Å². The molecule has 0 N–H and O–H groups in total. The molecule has 0 radical (unpaired) electrons. The summed E-state index contributed by atoms with van der Waals surface area (Å²) in [6.45, 7) is 6.92. The zero-order chi connectivity index (χ0) is 25.2. The van der Waals surface area contributed by atoms with Gasteiger partial charge in [-0.25, -0.2) is 9.18 Å². The lowest BCUT2D eigenvalue weighted by molar-refractivity contribution is 0.559. The molecular weight excluding hydrogens is 473 g/mol. The molecule has 0 saturated carbocycles. The molecule has 5 rings (SSSR count). The highest BCUT2D eigenvalue weighted by Crippen LogP contribution is 2.32. The molecule has 0 atom stereocenters. The molecule has 2 aromatic heterocycles. The molecule has 0 saturated heterocycles. The second-order valence-corrected chi connectivity index (χ2v) is 10.1. The number of benzene rings is 3. The summed E-state index contributed by atoms with van der Waals surface area (Å²) in [5.41, 5.74) is 5.35. The van der Waals surface area contributed by atoms with Crippen LogP contribution in [0.2, 0.25) is 0 Å². The Morgan fingerprint density at radius 3 is 2.47 bits per heavy atom. The zero-order valence-electron chi connectivity index (χ0n) is 20.4. The van der Waals surface area contributed by atoms with Crippen molar-refractivity contribution in [3.05, 3.63) is 111 Å². The average molecular weight is 500 g/mol. The van der Waals surface area contributed by atoms with Crippen molar-refractivity contribution >= 4 is 22.7 Å². The third-order valence-electron chi connectivity index (χ3n) is 6.20. The van der Waals surface area contributed by atoms with Gasteiger partial charge in [0.1, 0.15) is 11.4 Å². The first-order chi connectivity index (χ1) is 17.4. The molecular formula is C29H26FN3O2S. The minimum absolute atomic E-state index is 0.298. The lowest BCUT2D eigenvalue weighted by Crippen LogP contribution is -2.05. The van der Waals surface area contributed by atoms with Crippen LogP contribution in [0.3, 0.4) is 0 Å². The van der Waals surface area contributed by atoms with Gasteiger partial charge in [0.15, 0.2) is 11.0 Å². The number of hydrogen-bond donors (Lipinski definition) is 0. The van der Waals surface area contributed by atoms with Gasteiger partial charge in [-0.05, 0) is 71.5 Å². The first kappa shape index (κ1) is 24.0. The Morgan fingerprint density at radius 1 is 1.00 bits per heavy atom. The SMILES string of the molecule is Cc1cc2oc(=O)cc(CSc3nnc(-c4ccc(F)cc4)n3Cc3ccccc3)c2cc1C(C)C. The number of aryl methyl sites for hydroxylation is 1. The van der Waals surface area contributed by atoms with E-state index in [4.69, 9.17) is 4.42 Å². The second kappa shape index (κ2) is 10.1. The minimum atomic E-state index is -0.368. The van der Waals surface area contributed by atoms with Crippen LogP contribution in [-0.2, 0) is 12.3 Å². The Hall–Kier alpha value is -3.71. The van der Waals surface area contributed by atoms with Crippen molar-refractivity contribution in [2.45, 2.75) is 44.1 Å². The summed E-state index contributed by atoms with van der Waals surface area (Å²) in [7, 11) is 0. The average Bonchev–Trinajstić information content (AvgIpc) is 3.25. The van der Waals surface area contributed by atoms with Crippen molar-refractivity contribution in [2.24, 2.45) is 0 Å². The van der Waals surface area contributed by atoms with Crippen LogP contribution in [0.25, 0.3) is 22.4 Å². The first-order valence-corrected chi connectivity index (χ1v) is 12.8. The van der Waals surface area contributed by atoms with Gasteiger partial charge < -0.3 is 4.42 Å². The van der Waals surface area contributed by atoms with Crippen LogP contribution in [-0.4, -0.2) is 14.8 Å². The monoisotopic (exact) mass is 499 g/mol. The zero-order valence-corrected chi connectivity index (χ0v) is 21.2. The number of aromatic nitrogens is 3. The highest BCUT2D eigenvalue weighted by Gasteiger charge is 2.17. The molecule has 0 bridgehead atoms. The predicted octanol–water partition coefficient (Wildman–Crippen LogP) is 6.96. The highest BCUT2D eigenvalue weighted by atomic mass is 32.2. The molecule has 2 heterocycles. The third-order valence-corrected chi connectivity index (χ3v) is 7.21. The van der Waals surface area contributed by atoms with Crippen LogP contribution in [0.1, 0.15) is 42.0 Å². The molecule has 7 heteroatoms. The van der Waals surface area contributed by atoms with Crippen molar-refractivity contribution in [1.82, 2.24) is 14.8 Å². The Labute approximate surface area is 213 Å². The van der Waals surface area contributed by atoms with E-state index in [9.17, 15) is 9.18 Å². The van der Waals surface area contributed by atoms with Crippen molar-refractivity contribution in [3.8, 4) is 11.4 Å². The molecule has 0 fully saturated rings. The third kappa shape index (κ3) is 4.97. The number of fused-ring (bicyclic) bond motifs is 1. The second-order valence-electron chi connectivity index (χ2n) is 9.12. The van der Waals surface area contributed by atoms with E-state index in [0.29, 0.717) is 29.6 Å². The summed E-state index contributed by atoms with van der Waals surface area (Å²) in [6.07, 6.45) is 0. The summed E-state index contributed by atoms with van der Waals surface area (Å²) in [4.78, 5) is 12.3. The Morgan fingerprint density at radius 2 is 1.75 bits per heavy atom. The molecule has 182 valence electrons. The molecule has 0 unspecified atom stereocenters. The highest BCUT2D eigenvalue weighted by molar-refractivity contribution is 7.98. The van der Waals surface area contributed by atoms with Gasteiger partial charge in [0.2, 0.25) is 0 Å². The molecule has 3 aromatic carbocycles. The Bertz CT molecular complexity index is 1570. The topological polar surface area (TPSA) is 60.9 Å². The van der Waals surface area contributed by atoms with E-state index in [0.717, 1.165) is 32.8 Å². The van der Waals surface area contributed by atoms with Crippen molar-refractivity contribution in [3.63, 3.8) is 0 Å². The summed E-state index contributed by atoms with van der Waals surface area (Å²) in [6, 6.07) is 22.0. The van der Waals surface area contributed by atoms with Gasteiger partial charge in [-0.2, -0.15) is 0 Å². The molecule has 0 aliphatic heterocycles. The van der Waals surface area contributed by atoms with E-state index >= 15 is 0 Å². The van der Waals surface area contributed by atoms with Crippen LogP contribution in [0, 0.1) is 12.7 Å². The van der Waals surface area contributed by atoms with E-state index in [2.05, 4.69) is 42.2 Å². The van der Waals surface area contributed by atoms with E-state index in [1.54, 1.807) is 18.2 Å². The molecule has 0 aliphatic carbocycles. The molecule has 0 amide bonds. The van der Waals surface area contributed by atoms with Crippen LogP contribution in [0.5, 0.6) is 0 Å². The van der Waals surface area contributed by atoms with E-state index in [-0.39, 0.29) is 11.4 Å². The minimum Gasteiger partial charge on any atom is -0.423 e. The summed E-state index contributed by atoms with van der Waals surface area (Å²) >= 11 is 1.51. The van der Waals surface area contributed by atoms with Crippen molar-refractivity contribution in [1.29, 1.82) is 0 Å². The predicted molar refractivity (Wildman–Crippen MR) is 142 cm³/mol. The van der Waals surface area contributed by atoms with Gasteiger partial charge in [0, 0.05) is 22.8 Å². The number of thioether (sulfide) groups is 1. The fourth-order valence-electron chi connectivity index (χ4n) is 4.39. The number of nitrogens with zero attached hydrogens (tertiary/aromatic N) is 3. The van der Waals surface area contributed by atoms with Gasteiger partial charge in [-0.15, -0.1) is 10.2 Å². The summed E-state index contributed by atoms with van der Waals surface area (Å²) in [5.74, 6) is 1.25. The van der Waals surface area contributed by atoms with Crippen LogP contribution < -0.4 is 5.63 Å². The summed E-state index contributed by atoms with van der Waals surface area (Å²) < 4.78 is 21.1. The summed E-state index contributed by atoms with van der Waals surface area (Å²) in [5, 5.41) is 10.6. The fourth-order valence-corrected chi connectivity index (χ4v) is 5.32. The first-order valence-electron chi connectivity index (χ1n) is 11.8. The lowest BCUT2D eigenvalue weighted by atomic mass is 9.95. The van der Waals surface area contributed by atoms with E-state index in [1.165, 1.54) is 29.5 Å². The quantitative estimate of drug-likeness (QED) is 0.179. The maximum atomic E-state index is 13.5. The number of hydrogen-bond acceptors (Lipinski definition) is 5. The molecule has 36 heavy (non-hydrogen) atoms. The molecule has 0 spiro atoms. The van der Waals surface area contributed by atoms with E-state index in [1.807, 2.05) is 35.8 Å².